The summed E-state index contributed by atoms with van der Waals surface area (Å²) < 4.78 is 18.0. The molecular formula is C13H20FNO2. The molecule has 0 amide bonds. The third-order valence-corrected chi connectivity index (χ3v) is 2.37. The first-order valence-electron chi connectivity index (χ1n) is 5.93. The van der Waals surface area contributed by atoms with Crippen molar-refractivity contribution in [2.24, 2.45) is 0 Å². The van der Waals surface area contributed by atoms with Gasteiger partial charge in [-0.2, -0.15) is 0 Å². The first-order chi connectivity index (χ1) is 8.22. The number of hydrogen-bond donors (Lipinski definition) is 2. The van der Waals surface area contributed by atoms with Crippen LogP contribution in [0.4, 0.5) is 4.39 Å². The molecule has 3 nitrogen and oxygen atoms in total. The van der Waals surface area contributed by atoms with Crippen molar-refractivity contribution in [2.45, 2.75) is 19.4 Å². The highest BCUT2D eigenvalue weighted by Gasteiger charge is 2.02. The van der Waals surface area contributed by atoms with Crippen LogP contribution in [0.3, 0.4) is 0 Å². The molecular weight excluding hydrogens is 221 g/mol. The summed E-state index contributed by atoms with van der Waals surface area (Å²) in [7, 11) is 0. The lowest BCUT2D eigenvalue weighted by atomic mass is 10.1. The maximum absolute atomic E-state index is 12.9. The SMILES string of the molecule is CCOCC(O)CNCCc1cccc(F)c1. The molecule has 96 valence electrons. The number of ether oxygens (including phenoxy) is 1. The predicted octanol–water partition coefficient (Wildman–Crippen LogP) is 1.36. The van der Waals surface area contributed by atoms with E-state index in [9.17, 15) is 9.50 Å². The Bertz CT molecular complexity index is 320. The number of hydrogen-bond acceptors (Lipinski definition) is 3. The van der Waals surface area contributed by atoms with E-state index in [2.05, 4.69) is 5.32 Å². The Morgan fingerprint density at radius 1 is 1.47 bits per heavy atom. The van der Waals surface area contributed by atoms with Crippen molar-refractivity contribution in [3.63, 3.8) is 0 Å². The van der Waals surface area contributed by atoms with E-state index in [1.165, 1.54) is 12.1 Å². The van der Waals surface area contributed by atoms with Crippen molar-refractivity contribution < 1.29 is 14.2 Å². The Hall–Kier alpha value is -0.970. The van der Waals surface area contributed by atoms with E-state index in [0.717, 1.165) is 12.0 Å². The molecule has 0 aliphatic rings. The summed E-state index contributed by atoms with van der Waals surface area (Å²) in [5, 5.41) is 12.6. The molecule has 0 saturated heterocycles. The standard InChI is InChI=1S/C13H20FNO2/c1-2-17-10-13(16)9-15-7-6-11-4-3-5-12(14)8-11/h3-5,8,13,15-16H,2,6-7,9-10H2,1H3. The van der Waals surface area contributed by atoms with Crippen LogP contribution in [0.25, 0.3) is 0 Å². The van der Waals surface area contributed by atoms with Crippen molar-refractivity contribution in [1.82, 2.24) is 5.32 Å². The molecule has 0 fully saturated rings. The lowest BCUT2D eigenvalue weighted by molar-refractivity contribution is 0.0430. The summed E-state index contributed by atoms with van der Waals surface area (Å²) in [6, 6.07) is 6.55. The van der Waals surface area contributed by atoms with Crippen LogP contribution in [0.1, 0.15) is 12.5 Å². The number of nitrogens with one attached hydrogen (secondary N) is 1. The lowest BCUT2D eigenvalue weighted by Gasteiger charge is -2.11. The van der Waals surface area contributed by atoms with Crippen LogP contribution in [-0.4, -0.2) is 37.5 Å². The van der Waals surface area contributed by atoms with Gasteiger partial charge in [0.2, 0.25) is 0 Å². The number of aliphatic hydroxyl groups excluding tert-OH is 1. The average Bonchev–Trinajstić information content (AvgIpc) is 2.32. The molecule has 2 N–H and O–H groups in total. The number of halogens is 1. The summed E-state index contributed by atoms with van der Waals surface area (Å²) in [5.74, 6) is -0.209. The molecule has 1 unspecified atom stereocenters. The molecule has 0 aliphatic heterocycles. The van der Waals surface area contributed by atoms with Crippen LogP contribution in [0.5, 0.6) is 0 Å². The first-order valence-corrected chi connectivity index (χ1v) is 5.93. The maximum atomic E-state index is 12.9. The molecule has 0 radical (unpaired) electrons. The Morgan fingerprint density at radius 3 is 3.00 bits per heavy atom. The maximum Gasteiger partial charge on any atom is 0.123 e. The van der Waals surface area contributed by atoms with Gasteiger partial charge in [0.05, 0.1) is 12.7 Å². The van der Waals surface area contributed by atoms with Gasteiger partial charge in [-0.1, -0.05) is 12.1 Å². The number of aliphatic hydroxyl groups is 1. The summed E-state index contributed by atoms with van der Waals surface area (Å²) in [6.45, 7) is 4.07. The van der Waals surface area contributed by atoms with Crippen molar-refractivity contribution in [1.29, 1.82) is 0 Å². The molecule has 0 spiro atoms. The minimum absolute atomic E-state index is 0.209. The zero-order chi connectivity index (χ0) is 12.5. The van der Waals surface area contributed by atoms with Gasteiger partial charge in [-0.15, -0.1) is 0 Å². The van der Waals surface area contributed by atoms with Crippen LogP contribution >= 0.6 is 0 Å². The molecule has 1 aromatic carbocycles. The smallest absolute Gasteiger partial charge is 0.123 e. The molecule has 0 bridgehead atoms. The summed E-state index contributed by atoms with van der Waals surface area (Å²) >= 11 is 0. The van der Waals surface area contributed by atoms with Crippen molar-refractivity contribution in [2.75, 3.05) is 26.3 Å². The van der Waals surface area contributed by atoms with Crippen LogP contribution in [0, 0.1) is 5.82 Å². The highest BCUT2D eigenvalue weighted by molar-refractivity contribution is 5.16. The van der Waals surface area contributed by atoms with Gasteiger partial charge < -0.3 is 15.2 Å². The van der Waals surface area contributed by atoms with Crippen molar-refractivity contribution in [3.05, 3.63) is 35.6 Å². The van der Waals surface area contributed by atoms with Crippen LogP contribution in [0.2, 0.25) is 0 Å². The fourth-order valence-electron chi connectivity index (χ4n) is 1.51. The Balaban J connectivity index is 2.11. The second-order valence-corrected chi connectivity index (χ2v) is 3.90. The molecule has 0 aromatic heterocycles. The fraction of sp³-hybridized carbons (Fsp3) is 0.538. The van der Waals surface area contributed by atoms with Gasteiger partial charge in [0.15, 0.2) is 0 Å². The molecule has 0 aliphatic carbocycles. The molecule has 17 heavy (non-hydrogen) atoms. The Kier molecular flexibility index (Phi) is 6.77. The average molecular weight is 241 g/mol. The van der Waals surface area contributed by atoms with Crippen molar-refractivity contribution >= 4 is 0 Å². The van der Waals surface area contributed by atoms with E-state index in [4.69, 9.17) is 4.74 Å². The van der Waals surface area contributed by atoms with Gasteiger partial charge in [-0.25, -0.2) is 4.39 Å². The number of benzene rings is 1. The van der Waals surface area contributed by atoms with Crippen LogP contribution < -0.4 is 5.32 Å². The third kappa shape index (κ3) is 6.36. The fourth-order valence-corrected chi connectivity index (χ4v) is 1.51. The highest BCUT2D eigenvalue weighted by atomic mass is 19.1. The second-order valence-electron chi connectivity index (χ2n) is 3.90. The summed E-state index contributed by atoms with van der Waals surface area (Å²) in [4.78, 5) is 0. The minimum atomic E-state index is -0.484. The molecule has 1 rings (SSSR count). The van der Waals surface area contributed by atoms with E-state index in [1.54, 1.807) is 6.07 Å². The van der Waals surface area contributed by atoms with E-state index in [-0.39, 0.29) is 5.82 Å². The van der Waals surface area contributed by atoms with Crippen LogP contribution in [0.15, 0.2) is 24.3 Å². The normalized spacial score (nSPS) is 12.6. The predicted molar refractivity (Wildman–Crippen MR) is 65.5 cm³/mol. The van der Waals surface area contributed by atoms with Gasteiger partial charge in [0.1, 0.15) is 5.82 Å². The van der Waals surface area contributed by atoms with Crippen LogP contribution in [-0.2, 0) is 11.2 Å². The number of rotatable bonds is 8. The zero-order valence-corrected chi connectivity index (χ0v) is 10.2. The summed E-state index contributed by atoms with van der Waals surface area (Å²) in [5.41, 5.74) is 0.955. The lowest BCUT2D eigenvalue weighted by Crippen LogP contribution is -2.31. The first kappa shape index (κ1) is 14.1. The van der Waals surface area contributed by atoms with Gasteiger partial charge >= 0.3 is 0 Å². The van der Waals surface area contributed by atoms with E-state index in [1.807, 2.05) is 13.0 Å². The van der Waals surface area contributed by atoms with E-state index >= 15 is 0 Å². The van der Waals surface area contributed by atoms with Gasteiger partial charge in [-0.3, -0.25) is 0 Å². The topological polar surface area (TPSA) is 41.5 Å². The largest absolute Gasteiger partial charge is 0.389 e. The molecule has 1 aromatic rings. The third-order valence-electron chi connectivity index (χ3n) is 2.37. The Morgan fingerprint density at radius 2 is 2.29 bits per heavy atom. The zero-order valence-electron chi connectivity index (χ0n) is 10.2. The molecule has 1 atom stereocenters. The monoisotopic (exact) mass is 241 g/mol. The highest BCUT2D eigenvalue weighted by Crippen LogP contribution is 2.03. The summed E-state index contributed by atoms with van der Waals surface area (Å²) in [6.07, 6.45) is 0.265. The Labute approximate surface area is 102 Å². The van der Waals surface area contributed by atoms with E-state index in [0.29, 0.717) is 26.3 Å². The molecule has 4 heteroatoms. The van der Waals surface area contributed by atoms with Gasteiger partial charge in [0, 0.05) is 13.2 Å². The van der Waals surface area contributed by atoms with Crippen molar-refractivity contribution in [3.8, 4) is 0 Å². The quantitative estimate of drug-likeness (QED) is 0.675. The van der Waals surface area contributed by atoms with Gasteiger partial charge in [-0.05, 0) is 37.6 Å². The second kappa shape index (κ2) is 8.17. The molecule has 0 saturated carbocycles. The van der Waals surface area contributed by atoms with Gasteiger partial charge in [0.25, 0.3) is 0 Å². The minimum Gasteiger partial charge on any atom is -0.389 e. The van der Waals surface area contributed by atoms with E-state index < -0.39 is 6.10 Å². The molecule has 0 heterocycles.